The van der Waals surface area contributed by atoms with Gasteiger partial charge in [0.05, 0.1) is 0 Å². The number of hydrogen-bond donors (Lipinski definition) is 0. The van der Waals surface area contributed by atoms with Crippen molar-refractivity contribution in [2.45, 2.75) is 0 Å². The molecule has 0 aromatic carbocycles. The molecule has 0 N–H and O–H groups in total. The second-order valence-corrected chi connectivity index (χ2v) is 6.15. The summed E-state index contributed by atoms with van der Waals surface area (Å²) in [6.45, 7) is 3.90. The van der Waals surface area contributed by atoms with Crippen molar-refractivity contribution in [3.8, 4) is 0 Å². The molecule has 8 heavy (non-hydrogen) atoms. The van der Waals surface area contributed by atoms with Crippen molar-refractivity contribution in [1.29, 1.82) is 0 Å². The molecule has 0 aliphatic heterocycles. The molecule has 1 heterocycles. The van der Waals surface area contributed by atoms with Gasteiger partial charge in [-0.1, -0.05) is 0 Å². The maximum absolute atomic E-state index is 3.90. The van der Waals surface area contributed by atoms with Gasteiger partial charge >= 0.3 is 66.4 Å². The minimum absolute atomic E-state index is 0.611. The summed E-state index contributed by atoms with van der Waals surface area (Å²) >= 11 is 2.39. The van der Waals surface area contributed by atoms with Crippen LogP contribution >= 0.6 is 11.3 Å². The van der Waals surface area contributed by atoms with Crippen LogP contribution in [0.25, 0.3) is 3.59 Å². The molecule has 0 saturated carbocycles. The summed E-state index contributed by atoms with van der Waals surface area (Å²) < 4.78 is 1.36. The first kappa shape index (κ1) is 6.36. The van der Waals surface area contributed by atoms with Gasteiger partial charge in [-0.2, -0.15) is 0 Å². The van der Waals surface area contributed by atoms with Crippen LogP contribution in [0.2, 0.25) is 0 Å². The van der Waals surface area contributed by atoms with E-state index >= 15 is 0 Å². The van der Waals surface area contributed by atoms with Crippen LogP contribution in [0, 0.1) is 0 Å². The van der Waals surface area contributed by atoms with Crippen LogP contribution in [0.5, 0.6) is 0 Å². The second-order valence-electron chi connectivity index (χ2n) is 1.76. The Balaban J connectivity index is 2.93. The van der Waals surface area contributed by atoms with E-state index in [1.54, 1.807) is 11.3 Å². The third kappa shape index (κ3) is 1.36. The predicted octanol–water partition coefficient (Wildman–Crippen LogP) is 1.08. The molecular formula is C6H8SSn. The molecule has 0 fully saturated rings. The van der Waals surface area contributed by atoms with Crippen molar-refractivity contribution >= 4 is 37.5 Å². The van der Waals surface area contributed by atoms with E-state index in [0.717, 1.165) is 0 Å². The molecule has 0 aliphatic carbocycles. The van der Waals surface area contributed by atoms with Gasteiger partial charge in [-0.05, 0) is 0 Å². The third-order valence-corrected chi connectivity index (χ3v) is 4.55. The van der Waals surface area contributed by atoms with Gasteiger partial charge < -0.3 is 0 Å². The molecule has 2 heteroatoms. The van der Waals surface area contributed by atoms with E-state index in [9.17, 15) is 0 Å². The van der Waals surface area contributed by atoms with E-state index in [-0.39, 0.29) is 0 Å². The van der Waals surface area contributed by atoms with Gasteiger partial charge in [0.15, 0.2) is 0 Å². The Kier molecular flexibility index (Phi) is 2.14. The molecule has 1 aromatic heterocycles. The molecule has 0 unspecified atom stereocenters. The Hall–Kier alpha value is 0.239. The van der Waals surface area contributed by atoms with Crippen molar-refractivity contribution in [2.75, 3.05) is 0 Å². The fourth-order valence-electron chi connectivity index (χ4n) is 0.521. The zero-order chi connectivity index (χ0) is 5.98. The van der Waals surface area contributed by atoms with Crippen molar-refractivity contribution in [3.63, 3.8) is 0 Å². The second kappa shape index (κ2) is 2.69. The summed E-state index contributed by atoms with van der Waals surface area (Å²) in [7, 11) is 0. The predicted molar refractivity (Wildman–Crippen MR) is 43.3 cm³/mol. The molecule has 0 nitrogen and oxygen atoms in total. The van der Waals surface area contributed by atoms with E-state index < -0.39 is 0 Å². The average Bonchev–Trinajstić information content (AvgIpc) is 2.12. The first-order valence-electron chi connectivity index (χ1n) is 2.50. The fourth-order valence-corrected chi connectivity index (χ4v) is 2.67. The summed E-state index contributed by atoms with van der Waals surface area (Å²) in [5, 5.41) is 2.09. The molecule has 1 aromatic rings. The van der Waals surface area contributed by atoms with Crippen molar-refractivity contribution < 1.29 is 0 Å². The standard InChI is InChI=1S/C6H5S.Sn.3H/c1-2-6-4-3-5-7-6;;;;/h3-5H,1H2;;;;. The van der Waals surface area contributed by atoms with Gasteiger partial charge in [-0.3, -0.25) is 0 Å². The van der Waals surface area contributed by atoms with Crippen molar-refractivity contribution in [3.05, 3.63) is 29.0 Å². The van der Waals surface area contributed by atoms with Gasteiger partial charge in [-0.15, -0.1) is 0 Å². The van der Waals surface area contributed by atoms with E-state index in [4.69, 9.17) is 0 Å². The Morgan fingerprint density at radius 2 is 2.50 bits per heavy atom. The first-order valence-corrected chi connectivity index (χ1v) is 6.23. The van der Waals surface area contributed by atoms with E-state index in [1.165, 1.54) is 8.47 Å². The topological polar surface area (TPSA) is 0 Å². The maximum atomic E-state index is 3.90. The van der Waals surface area contributed by atoms with Crippen LogP contribution in [0.15, 0.2) is 24.1 Å². The van der Waals surface area contributed by atoms with Gasteiger partial charge in [0.25, 0.3) is 0 Å². The van der Waals surface area contributed by atoms with E-state index in [0.29, 0.717) is 22.5 Å². The van der Waals surface area contributed by atoms with Crippen LogP contribution in [-0.4, -0.2) is 22.5 Å². The molecule has 0 radical (unpaired) electrons. The Bertz CT molecular complexity index is 176. The molecule has 0 bridgehead atoms. The average molecular weight is 231 g/mol. The van der Waals surface area contributed by atoms with Crippen LogP contribution in [0.1, 0.15) is 4.88 Å². The molecule has 42 valence electrons. The van der Waals surface area contributed by atoms with Crippen LogP contribution in [-0.2, 0) is 0 Å². The molecule has 0 amide bonds. The fraction of sp³-hybridized carbons (Fsp3) is 0. The van der Waals surface area contributed by atoms with Gasteiger partial charge in [0.2, 0.25) is 0 Å². The molecular weight excluding hydrogens is 223 g/mol. The Morgan fingerprint density at radius 3 is 2.75 bits per heavy atom. The van der Waals surface area contributed by atoms with Crippen molar-refractivity contribution in [2.24, 2.45) is 0 Å². The molecule has 0 saturated heterocycles. The molecule has 0 atom stereocenters. The van der Waals surface area contributed by atoms with Crippen LogP contribution in [0.3, 0.4) is 0 Å². The number of rotatable bonds is 1. The third-order valence-electron chi connectivity index (χ3n) is 0.942. The monoisotopic (exact) mass is 232 g/mol. The Labute approximate surface area is 66.3 Å². The minimum atomic E-state index is 0.611. The SMILES string of the molecule is C=[C]([SnH3])c1cccs1. The molecule has 0 aliphatic rings. The van der Waals surface area contributed by atoms with Gasteiger partial charge in [0.1, 0.15) is 0 Å². The van der Waals surface area contributed by atoms with Crippen LogP contribution < -0.4 is 0 Å². The summed E-state index contributed by atoms with van der Waals surface area (Å²) in [4.78, 5) is 1.38. The zero-order valence-electron chi connectivity index (χ0n) is 4.85. The quantitative estimate of drug-likeness (QED) is 0.634. The molecule has 0 spiro atoms. The number of thiophene rings is 1. The first-order chi connectivity index (χ1) is 3.80. The van der Waals surface area contributed by atoms with Crippen LogP contribution in [0.4, 0.5) is 0 Å². The van der Waals surface area contributed by atoms with Crippen molar-refractivity contribution in [1.82, 2.24) is 0 Å². The summed E-state index contributed by atoms with van der Waals surface area (Å²) in [5.41, 5.74) is 0. The van der Waals surface area contributed by atoms with Gasteiger partial charge in [-0.25, -0.2) is 0 Å². The summed E-state index contributed by atoms with van der Waals surface area (Å²) in [6, 6.07) is 4.20. The molecule has 1 rings (SSSR count). The zero-order valence-corrected chi connectivity index (χ0v) is 11.4. The summed E-state index contributed by atoms with van der Waals surface area (Å²) in [6.07, 6.45) is 0. The summed E-state index contributed by atoms with van der Waals surface area (Å²) in [5.74, 6) is 0. The van der Waals surface area contributed by atoms with E-state index in [1.807, 2.05) is 0 Å². The number of hydrogen-bond acceptors (Lipinski definition) is 1. The van der Waals surface area contributed by atoms with E-state index in [2.05, 4.69) is 24.1 Å². The Morgan fingerprint density at radius 1 is 1.75 bits per heavy atom. The van der Waals surface area contributed by atoms with Gasteiger partial charge in [0, 0.05) is 0 Å². The normalized spacial score (nSPS) is 9.50.